The van der Waals surface area contributed by atoms with Gasteiger partial charge in [0, 0.05) is 5.92 Å². The maximum absolute atomic E-state index is 12.1. The standard InChI is InChI=1S/C12H24OS/c1-7-10(4)11(13)12(5,14-6)8-9(2)3/h9-10H,7-8H2,1-6H3. The molecule has 0 bridgehead atoms. The molecule has 0 radical (unpaired) electrons. The summed E-state index contributed by atoms with van der Waals surface area (Å²) in [5, 5.41) is 0. The number of carbonyl (C=O) groups excluding carboxylic acids is 1. The molecule has 1 nitrogen and oxygen atoms in total. The molecule has 0 aliphatic heterocycles. The second kappa shape index (κ2) is 5.79. The fourth-order valence-corrected chi connectivity index (χ4v) is 2.67. The van der Waals surface area contributed by atoms with Crippen LogP contribution in [0.15, 0.2) is 0 Å². The van der Waals surface area contributed by atoms with Crippen LogP contribution in [0.3, 0.4) is 0 Å². The van der Waals surface area contributed by atoms with Gasteiger partial charge in [-0.2, -0.15) is 11.8 Å². The van der Waals surface area contributed by atoms with Crippen LogP contribution >= 0.6 is 11.8 Å². The van der Waals surface area contributed by atoms with E-state index in [1.165, 1.54) is 0 Å². The van der Waals surface area contributed by atoms with Crippen molar-refractivity contribution in [3.8, 4) is 0 Å². The predicted molar refractivity (Wildman–Crippen MR) is 65.8 cm³/mol. The van der Waals surface area contributed by atoms with Gasteiger partial charge < -0.3 is 0 Å². The maximum Gasteiger partial charge on any atom is 0.151 e. The molecule has 0 heterocycles. The van der Waals surface area contributed by atoms with Crippen LogP contribution in [-0.4, -0.2) is 16.8 Å². The van der Waals surface area contributed by atoms with Gasteiger partial charge in [0.1, 0.15) is 0 Å². The number of rotatable bonds is 6. The lowest BCUT2D eigenvalue weighted by molar-refractivity contribution is -0.124. The molecule has 2 unspecified atom stereocenters. The van der Waals surface area contributed by atoms with E-state index in [0.717, 1.165) is 12.8 Å². The first-order valence-electron chi connectivity index (χ1n) is 5.46. The summed E-state index contributed by atoms with van der Waals surface area (Å²) in [6, 6.07) is 0. The minimum absolute atomic E-state index is 0.177. The van der Waals surface area contributed by atoms with Crippen LogP contribution in [0.2, 0.25) is 0 Å². The molecule has 0 fully saturated rings. The Bertz CT molecular complexity index is 189. The molecule has 14 heavy (non-hydrogen) atoms. The summed E-state index contributed by atoms with van der Waals surface area (Å²) in [6.07, 6.45) is 3.98. The second-order valence-corrected chi connectivity index (χ2v) is 6.02. The number of ketones is 1. The van der Waals surface area contributed by atoms with Gasteiger partial charge in [-0.3, -0.25) is 4.79 Å². The lowest BCUT2D eigenvalue weighted by Crippen LogP contribution is -2.37. The van der Waals surface area contributed by atoms with Gasteiger partial charge in [-0.05, 0) is 31.9 Å². The second-order valence-electron chi connectivity index (χ2n) is 4.71. The highest BCUT2D eigenvalue weighted by molar-refractivity contribution is 8.00. The van der Waals surface area contributed by atoms with Gasteiger partial charge in [-0.1, -0.05) is 27.7 Å². The van der Waals surface area contributed by atoms with E-state index in [0.29, 0.717) is 11.7 Å². The maximum atomic E-state index is 12.1. The lowest BCUT2D eigenvalue weighted by Gasteiger charge is -2.30. The number of thioether (sulfide) groups is 1. The third kappa shape index (κ3) is 3.64. The van der Waals surface area contributed by atoms with Crippen LogP contribution in [-0.2, 0) is 4.79 Å². The van der Waals surface area contributed by atoms with Crippen molar-refractivity contribution in [1.29, 1.82) is 0 Å². The number of hydrogen-bond acceptors (Lipinski definition) is 2. The van der Waals surface area contributed by atoms with Gasteiger partial charge in [0.15, 0.2) is 5.78 Å². The summed E-state index contributed by atoms with van der Waals surface area (Å²) in [5.74, 6) is 1.20. The summed E-state index contributed by atoms with van der Waals surface area (Å²) in [7, 11) is 0. The van der Waals surface area contributed by atoms with E-state index < -0.39 is 0 Å². The zero-order valence-electron chi connectivity index (χ0n) is 10.4. The normalized spacial score (nSPS) is 17.9. The summed E-state index contributed by atoms with van der Waals surface area (Å²) >= 11 is 1.70. The van der Waals surface area contributed by atoms with Crippen molar-refractivity contribution >= 4 is 17.5 Å². The first kappa shape index (κ1) is 14.0. The fraction of sp³-hybridized carbons (Fsp3) is 0.917. The largest absolute Gasteiger partial charge is 0.298 e. The van der Waals surface area contributed by atoms with Crippen molar-refractivity contribution in [2.75, 3.05) is 6.26 Å². The smallest absolute Gasteiger partial charge is 0.151 e. The highest BCUT2D eigenvalue weighted by Crippen LogP contribution is 2.33. The molecule has 0 rings (SSSR count). The summed E-state index contributed by atoms with van der Waals surface area (Å²) in [6.45, 7) is 10.6. The lowest BCUT2D eigenvalue weighted by atomic mass is 9.87. The summed E-state index contributed by atoms with van der Waals surface area (Å²) in [4.78, 5) is 12.1. The minimum Gasteiger partial charge on any atom is -0.298 e. The molecule has 0 aliphatic rings. The van der Waals surface area contributed by atoms with Crippen LogP contribution in [0, 0.1) is 11.8 Å². The van der Waals surface area contributed by atoms with E-state index in [1.54, 1.807) is 11.8 Å². The average Bonchev–Trinajstić information content (AvgIpc) is 2.14. The molecular weight excluding hydrogens is 192 g/mol. The van der Waals surface area contributed by atoms with E-state index in [-0.39, 0.29) is 10.7 Å². The number of hydrogen-bond donors (Lipinski definition) is 0. The molecule has 0 aromatic carbocycles. The molecule has 0 aliphatic carbocycles. The minimum atomic E-state index is -0.177. The van der Waals surface area contributed by atoms with Crippen molar-refractivity contribution in [3.05, 3.63) is 0 Å². The van der Waals surface area contributed by atoms with Crippen LogP contribution in [0.1, 0.15) is 47.5 Å². The van der Waals surface area contributed by atoms with Gasteiger partial charge in [0.05, 0.1) is 4.75 Å². The van der Waals surface area contributed by atoms with E-state index in [9.17, 15) is 4.79 Å². The highest BCUT2D eigenvalue weighted by atomic mass is 32.2. The molecule has 0 aromatic rings. The Labute approximate surface area is 93.0 Å². The topological polar surface area (TPSA) is 17.1 Å². The van der Waals surface area contributed by atoms with Crippen LogP contribution in [0.4, 0.5) is 0 Å². The molecule has 2 heteroatoms. The first-order chi connectivity index (χ1) is 6.37. The third-order valence-corrected chi connectivity index (χ3v) is 4.10. The van der Waals surface area contributed by atoms with Gasteiger partial charge in [-0.25, -0.2) is 0 Å². The van der Waals surface area contributed by atoms with Crippen molar-refractivity contribution in [1.82, 2.24) is 0 Å². The molecule has 0 saturated carbocycles. The van der Waals surface area contributed by atoms with E-state index in [2.05, 4.69) is 27.7 Å². The molecule has 0 amide bonds. The Morgan fingerprint density at radius 2 is 1.86 bits per heavy atom. The van der Waals surface area contributed by atoms with E-state index in [1.807, 2.05) is 13.2 Å². The Kier molecular flexibility index (Phi) is 5.80. The van der Waals surface area contributed by atoms with Crippen molar-refractivity contribution < 1.29 is 4.79 Å². The predicted octanol–water partition coefficient (Wildman–Crippen LogP) is 3.77. The van der Waals surface area contributed by atoms with E-state index >= 15 is 0 Å². The van der Waals surface area contributed by atoms with Crippen molar-refractivity contribution in [2.24, 2.45) is 11.8 Å². The average molecular weight is 216 g/mol. The molecule has 0 N–H and O–H groups in total. The monoisotopic (exact) mass is 216 g/mol. The molecule has 0 aromatic heterocycles. The number of carbonyl (C=O) groups is 1. The Hall–Kier alpha value is 0.0200. The van der Waals surface area contributed by atoms with Gasteiger partial charge in [0.2, 0.25) is 0 Å². The molecule has 2 atom stereocenters. The zero-order valence-corrected chi connectivity index (χ0v) is 11.2. The molecule has 0 saturated heterocycles. The highest BCUT2D eigenvalue weighted by Gasteiger charge is 2.34. The van der Waals surface area contributed by atoms with Gasteiger partial charge in [-0.15, -0.1) is 0 Å². The summed E-state index contributed by atoms with van der Waals surface area (Å²) in [5.41, 5.74) is 0. The Morgan fingerprint density at radius 3 is 2.14 bits per heavy atom. The Morgan fingerprint density at radius 1 is 1.36 bits per heavy atom. The first-order valence-corrected chi connectivity index (χ1v) is 6.69. The van der Waals surface area contributed by atoms with E-state index in [4.69, 9.17) is 0 Å². The van der Waals surface area contributed by atoms with Crippen LogP contribution < -0.4 is 0 Å². The quantitative estimate of drug-likeness (QED) is 0.672. The molecule has 0 spiro atoms. The zero-order chi connectivity index (χ0) is 11.4. The van der Waals surface area contributed by atoms with Gasteiger partial charge in [0.25, 0.3) is 0 Å². The van der Waals surface area contributed by atoms with Crippen molar-refractivity contribution in [2.45, 2.75) is 52.2 Å². The third-order valence-electron chi connectivity index (χ3n) is 2.83. The van der Waals surface area contributed by atoms with Crippen molar-refractivity contribution in [3.63, 3.8) is 0 Å². The number of Topliss-reactive ketones (excluding diaryl/α,β-unsaturated/α-hetero) is 1. The molecular formula is C12H24OS. The van der Waals surface area contributed by atoms with Gasteiger partial charge >= 0.3 is 0 Å². The fourth-order valence-electron chi connectivity index (χ4n) is 1.77. The van der Waals surface area contributed by atoms with Crippen LogP contribution in [0.25, 0.3) is 0 Å². The summed E-state index contributed by atoms with van der Waals surface area (Å²) < 4.78 is -0.177. The SMILES string of the molecule is CCC(C)C(=O)C(C)(CC(C)C)SC. The van der Waals surface area contributed by atoms with Crippen LogP contribution in [0.5, 0.6) is 0 Å². The molecule has 84 valence electrons. The Balaban J connectivity index is 4.58.